The predicted octanol–water partition coefficient (Wildman–Crippen LogP) is 3.40. The number of aromatic nitrogens is 2. The fourth-order valence-electron chi connectivity index (χ4n) is 2.84. The van der Waals surface area contributed by atoms with E-state index in [2.05, 4.69) is 20.2 Å². The van der Waals surface area contributed by atoms with Crippen LogP contribution in [0, 0.1) is 0 Å². The molecule has 25 heavy (non-hydrogen) atoms. The van der Waals surface area contributed by atoms with Crippen LogP contribution in [-0.4, -0.2) is 35.5 Å². The molecule has 1 aliphatic heterocycles. The van der Waals surface area contributed by atoms with Crippen LogP contribution < -0.4 is 15.0 Å². The van der Waals surface area contributed by atoms with E-state index >= 15 is 0 Å². The minimum Gasteiger partial charge on any atom is -0.436 e. The number of rotatable bonds is 6. The van der Waals surface area contributed by atoms with Gasteiger partial charge in [-0.25, -0.2) is 9.97 Å². The number of amides is 1. The van der Waals surface area contributed by atoms with Crippen LogP contribution in [0.2, 0.25) is 0 Å². The van der Waals surface area contributed by atoms with Crippen molar-refractivity contribution >= 4 is 11.7 Å². The van der Waals surface area contributed by atoms with Crippen molar-refractivity contribution in [2.45, 2.75) is 32.6 Å². The minimum absolute atomic E-state index is 0.0677. The third-order valence-electron chi connectivity index (χ3n) is 4.17. The third kappa shape index (κ3) is 4.47. The first-order valence-corrected chi connectivity index (χ1v) is 8.90. The Labute approximate surface area is 148 Å². The van der Waals surface area contributed by atoms with Crippen LogP contribution >= 0.6 is 0 Å². The quantitative estimate of drug-likeness (QED) is 0.873. The molecule has 1 saturated heterocycles. The van der Waals surface area contributed by atoms with E-state index in [4.69, 9.17) is 4.74 Å². The van der Waals surface area contributed by atoms with Gasteiger partial charge >= 0.3 is 0 Å². The largest absolute Gasteiger partial charge is 0.436 e. The number of hydrogen-bond donors (Lipinski definition) is 1. The molecule has 0 aliphatic carbocycles. The zero-order valence-electron chi connectivity index (χ0n) is 14.6. The molecule has 2 aromatic rings. The van der Waals surface area contributed by atoms with Crippen LogP contribution in [0.1, 0.15) is 43.0 Å². The summed E-state index contributed by atoms with van der Waals surface area (Å²) < 4.78 is 5.93. The number of ether oxygens (including phenoxy) is 1. The van der Waals surface area contributed by atoms with Crippen molar-refractivity contribution in [1.29, 1.82) is 0 Å². The molecule has 2 heterocycles. The summed E-state index contributed by atoms with van der Waals surface area (Å²) in [7, 11) is 0. The smallest absolute Gasteiger partial charge is 0.263 e. The van der Waals surface area contributed by atoms with Gasteiger partial charge in [0.05, 0.1) is 0 Å². The fraction of sp³-hybridized carbons (Fsp3) is 0.421. The van der Waals surface area contributed by atoms with Gasteiger partial charge in [-0.3, -0.25) is 4.79 Å². The monoisotopic (exact) mass is 340 g/mol. The van der Waals surface area contributed by atoms with Crippen molar-refractivity contribution in [3.63, 3.8) is 0 Å². The number of piperidine rings is 1. The minimum atomic E-state index is -0.0677. The van der Waals surface area contributed by atoms with Crippen molar-refractivity contribution in [2.75, 3.05) is 24.5 Å². The van der Waals surface area contributed by atoms with E-state index in [0.717, 1.165) is 38.2 Å². The van der Waals surface area contributed by atoms with Gasteiger partial charge in [-0.1, -0.05) is 6.92 Å². The molecule has 1 aromatic heterocycles. The molecule has 1 N–H and O–H groups in total. The standard InChI is InChI=1S/C19H24N4O2/c1-2-10-21-18(24)15-6-8-16(9-7-15)25-19-17(20-11-12-22-19)23-13-4-3-5-14-23/h6-9,11-12H,2-5,10,13-14H2,1H3,(H,21,24). The van der Waals surface area contributed by atoms with Crippen molar-refractivity contribution in [2.24, 2.45) is 0 Å². The Balaban J connectivity index is 1.71. The molecule has 0 atom stereocenters. The lowest BCUT2D eigenvalue weighted by Crippen LogP contribution is -2.30. The summed E-state index contributed by atoms with van der Waals surface area (Å²) in [5, 5.41) is 2.86. The van der Waals surface area contributed by atoms with Crippen LogP contribution in [-0.2, 0) is 0 Å². The summed E-state index contributed by atoms with van der Waals surface area (Å²) in [4.78, 5) is 23.0. The topological polar surface area (TPSA) is 67.3 Å². The molecule has 6 heteroatoms. The first-order valence-electron chi connectivity index (χ1n) is 8.90. The van der Waals surface area contributed by atoms with Crippen LogP contribution in [0.5, 0.6) is 11.6 Å². The summed E-state index contributed by atoms with van der Waals surface area (Å²) >= 11 is 0. The zero-order chi connectivity index (χ0) is 17.5. The van der Waals surface area contributed by atoms with E-state index in [9.17, 15) is 4.79 Å². The van der Waals surface area contributed by atoms with Gasteiger partial charge < -0.3 is 15.0 Å². The Hall–Kier alpha value is -2.63. The van der Waals surface area contributed by atoms with Gasteiger partial charge in [-0.2, -0.15) is 0 Å². The Morgan fingerprint density at radius 3 is 2.56 bits per heavy atom. The lowest BCUT2D eigenvalue weighted by molar-refractivity contribution is 0.0953. The van der Waals surface area contributed by atoms with Crippen molar-refractivity contribution in [3.8, 4) is 11.6 Å². The highest BCUT2D eigenvalue weighted by molar-refractivity contribution is 5.94. The van der Waals surface area contributed by atoms with E-state index in [1.807, 2.05) is 6.92 Å². The van der Waals surface area contributed by atoms with E-state index in [-0.39, 0.29) is 5.91 Å². The number of benzene rings is 1. The van der Waals surface area contributed by atoms with Crippen molar-refractivity contribution in [3.05, 3.63) is 42.2 Å². The highest BCUT2D eigenvalue weighted by atomic mass is 16.5. The summed E-state index contributed by atoms with van der Waals surface area (Å²) in [6.07, 6.45) is 7.83. The molecule has 1 amide bonds. The van der Waals surface area contributed by atoms with Gasteiger partial charge in [0, 0.05) is 37.6 Å². The average Bonchev–Trinajstić information content (AvgIpc) is 2.68. The maximum absolute atomic E-state index is 12.0. The Kier molecular flexibility index (Phi) is 5.82. The normalized spacial score (nSPS) is 14.2. The first kappa shape index (κ1) is 17.2. The van der Waals surface area contributed by atoms with Crippen molar-refractivity contribution in [1.82, 2.24) is 15.3 Å². The molecule has 1 aliphatic rings. The van der Waals surface area contributed by atoms with E-state index in [1.54, 1.807) is 36.7 Å². The maximum Gasteiger partial charge on any atom is 0.263 e. The van der Waals surface area contributed by atoms with Crippen LogP contribution in [0.3, 0.4) is 0 Å². The molecule has 1 aromatic carbocycles. The van der Waals surface area contributed by atoms with Gasteiger partial charge in [0.25, 0.3) is 11.8 Å². The summed E-state index contributed by atoms with van der Waals surface area (Å²) in [6, 6.07) is 7.10. The Morgan fingerprint density at radius 1 is 1.12 bits per heavy atom. The zero-order valence-corrected chi connectivity index (χ0v) is 14.6. The van der Waals surface area contributed by atoms with Gasteiger partial charge in [-0.05, 0) is 49.9 Å². The molecule has 3 rings (SSSR count). The molecular weight excluding hydrogens is 316 g/mol. The van der Waals surface area contributed by atoms with Crippen LogP contribution in [0.25, 0.3) is 0 Å². The number of hydrogen-bond acceptors (Lipinski definition) is 5. The molecule has 0 saturated carbocycles. The first-order chi connectivity index (χ1) is 12.3. The van der Waals surface area contributed by atoms with Crippen LogP contribution in [0.4, 0.5) is 5.82 Å². The molecule has 6 nitrogen and oxygen atoms in total. The predicted molar refractivity (Wildman–Crippen MR) is 97.2 cm³/mol. The number of nitrogens with zero attached hydrogens (tertiary/aromatic N) is 3. The van der Waals surface area contributed by atoms with E-state index in [0.29, 0.717) is 23.7 Å². The lowest BCUT2D eigenvalue weighted by atomic mass is 10.1. The third-order valence-corrected chi connectivity index (χ3v) is 4.17. The summed E-state index contributed by atoms with van der Waals surface area (Å²) in [5.41, 5.74) is 0.621. The molecule has 1 fully saturated rings. The number of carbonyl (C=O) groups excluding carboxylic acids is 1. The highest BCUT2D eigenvalue weighted by Gasteiger charge is 2.18. The van der Waals surface area contributed by atoms with Crippen LogP contribution in [0.15, 0.2) is 36.7 Å². The number of anilines is 1. The molecule has 0 radical (unpaired) electrons. The molecule has 0 unspecified atom stereocenters. The average molecular weight is 340 g/mol. The number of nitrogens with one attached hydrogen (secondary N) is 1. The van der Waals surface area contributed by atoms with Gasteiger partial charge in [-0.15, -0.1) is 0 Å². The fourth-order valence-corrected chi connectivity index (χ4v) is 2.84. The Morgan fingerprint density at radius 2 is 1.84 bits per heavy atom. The molecule has 0 spiro atoms. The highest BCUT2D eigenvalue weighted by Crippen LogP contribution is 2.29. The summed E-state index contributed by atoms with van der Waals surface area (Å²) in [5.74, 6) is 1.87. The maximum atomic E-state index is 12.0. The lowest BCUT2D eigenvalue weighted by Gasteiger charge is -2.28. The second kappa shape index (κ2) is 8.46. The SMILES string of the molecule is CCCNC(=O)c1ccc(Oc2nccnc2N2CCCCC2)cc1. The second-order valence-electron chi connectivity index (χ2n) is 6.12. The molecule has 0 bridgehead atoms. The van der Waals surface area contributed by atoms with Gasteiger partial charge in [0.2, 0.25) is 0 Å². The summed E-state index contributed by atoms with van der Waals surface area (Å²) in [6.45, 7) is 4.66. The van der Waals surface area contributed by atoms with E-state index in [1.165, 1.54) is 6.42 Å². The van der Waals surface area contributed by atoms with E-state index < -0.39 is 0 Å². The van der Waals surface area contributed by atoms with Crippen molar-refractivity contribution < 1.29 is 9.53 Å². The molecule has 132 valence electrons. The Bertz CT molecular complexity index is 697. The van der Waals surface area contributed by atoms with Gasteiger partial charge in [0.1, 0.15) is 5.75 Å². The number of carbonyl (C=O) groups is 1. The van der Waals surface area contributed by atoms with Gasteiger partial charge in [0.15, 0.2) is 5.82 Å². The molecular formula is C19H24N4O2. The second-order valence-corrected chi connectivity index (χ2v) is 6.12.